The van der Waals surface area contributed by atoms with E-state index >= 15 is 0 Å². The van der Waals surface area contributed by atoms with Crippen molar-refractivity contribution in [1.82, 2.24) is 9.88 Å². The molecule has 2 amide bonds. The number of benzene rings is 1. The number of likely N-dealkylation sites (N-methyl/N-ethyl adjacent to an activating group) is 1. The fourth-order valence-electron chi connectivity index (χ4n) is 1.90. The summed E-state index contributed by atoms with van der Waals surface area (Å²) >= 11 is 0. The zero-order chi connectivity index (χ0) is 17.5. The average molecular weight is 328 g/mol. The topological polar surface area (TPSA) is 97.5 Å². The quantitative estimate of drug-likeness (QED) is 0.842. The van der Waals surface area contributed by atoms with Crippen molar-refractivity contribution in [3.63, 3.8) is 0 Å². The highest BCUT2D eigenvalue weighted by Gasteiger charge is 2.10. The molecule has 0 aliphatic rings. The van der Waals surface area contributed by atoms with E-state index in [0.717, 1.165) is 0 Å². The van der Waals surface area contributed by atoms with Crippen LogP contribution >= 0.6 is 0 Å². The Bertz CT molecular complexity index is 716. The van der Waals surface area contributed by atoms with Crippen LogP contribution in [0.5, 0.6) is 5.75 Å². The predicted molar refractivity (Wildman–Crippen MR) is 91.9 cm³/mol. The molecule has 126 valence electrons. The van der Waals surface area contributed by atoms with Crippen molar-refractivity contribution in [3.8, 4) is 5.75 Å². The van der Waals surface area contributed by atoms with Crippen LogP contribution in [0.3, 0.4) is 0 Å². The normalized spacial score (nSPS) is 10.1. The number of amides is 2. The summed E-state index contributed by atoms with van der Waals surface area (Å²) in [6.07, 6.45) is 1.53. The first-order chi connectivity index (χ1) is 11.5. The molecule has 2 rings (SSSR count). The number of hydrogen-bond acceptors (Lipinski definition) is 5. The van der Waals surface area contributed by atoms with Crippen molar-refractivity contribution < 1.29 is 14.3 Å². The number of nitrogens with two attached hydrogens (primary N) is 1. The number of carbonyl (C=O) groups excluding carboxylic acids is 2. The van der Waals surface area contributed by atoms with Gasteiger partial charge >= 0.3 is 0 Å². The number of aromatic nitrogens is 1. The van der Waals surface area contributed by atoms with Gasteiger partial charge in [0.1, 0.15) is 18.2 Å². The Kier molecular flexibility index (Phi) is 5.73. The number of nitrogens with one attached hydrogen (secondary N) is 1. The molecule has 0 atom stereocenters. The fourth-order valence-corrected chi connectivity index (χ4v) is 1.90. The fraction of sp³-hybridized carbons (Fsp3) is 0.235. The summed E-state index contributed by atoms with van der Waals surface area (Å²) in [4.78, 5) is 28.7. The number of carbonyl (C=O) groups is 2. The number of nitrogen functional groups attached to an aromatic ring is 1. The second-order valence-electron chi connectivity index (χ2n) is 5.20. The van der Waals surface area contributed by atoms with E-state index in [1.165, 1.54) is 13.1 Å². The highest BCUT2D eigenvalue weighted by molar-refractivity contribution is 6.07. The van der Waals surface area contributed by atoms with Crippen LogP contribution in [0.2, 0.25) is 0 Å². The van der Waals surface area contributed by atoms with Crippen LogP contribution in [0.25, 0.3) is 0 Å². The standard InChI is InChI=1S/C17H20N4O3/c1-12(22)21(2)10-11-24-14-7-5-13(6-8-14)20-17(23)15-4-3-9-19-16(15)18/h3-9H,10-11H2,1-2H3,(H2,18,19)(H,20,23). The summed E-state index contributed by atoms with van der Waals surface area (Å²) in [5.41, 5.74) is 6.63. The Balaban J connectivity index is 1.89. The number of anilines is 2. The number of pyridine rings is 1. The molecule has 2 aromatic rings. The molecule has 0 radical (unpaired) electrons. The van der Waals surface area contributed by atoms with Gasteiger partial charge in [-0.2, -0.15) is 0 Å². The maximum atomic E-state index is 12.1. The highest BCUT2D eigenvalue weighted by atomic mass is 16.5. The van der Waals surface area contributed by atoms with E-state index in [-0.39, 0.29) is 17.6 Å². The van der Waals surface area contributed by atoms with Gasteiger partial charge in [0.2, 0.25) is 5.91 Å². The molecule has 7 heteroatoms. The Hall–Kier alpha value is -3.09. The van der Waals surface area contributed by atoms with Gasteiger partial charge in [-0.15, -0.1) is 0 Å². The molecule has 1 aromatic carbocycles. The van der Waals surface area contributed by atoms with Crippen LogP contribution in [0, 0.1) is 0 Å². The molecule has 0 spiro atoms. The van der Waals surface area contributed by atoms with E-state index in [1.807, 2.05) is 0 Å². The minimum Gasteiger partial charge on any atom is -0.492 e. The molecule has 1 aromatic heterocycles. The second kappa shape index (κ2) is 7.96. The lowest BCUT2D eigenvalue weighted by molar-refractivity contribution is -0.127. The molecular weight excluding hydrogens is 308 g/mol. The van der Waals surface area contributed by atoms with E-state index in [9.17, 15) is 9.59 Å². The SMILES string of the molecule is CC(=O)N(C)CCOc1ccc(NC(=O)c2cccnc2N)cc1. The van der Waals surface area contributed by atoms with Crippen molar-refractivity contribution in [2.45, 2.75) is 6.92 Å². The third-order valence-electron chi connectivity index (χ3n) is 3.43. The van der Waals surface area contributed by atoms with Crippen molar-refractivity contribution in [2.75, 3.05) is 31.2 Å². The minimum absolute atomic E-state index is 0.00802. The Morgan fingerprint density at radius 3 is 2.58 bits per heavy atom. The molecular formula is C17H20N4O3. The first-order valence-corrected chi connectivity index (χ1v) is 7.44. The molecule has 0 aliphatic carbocycles. The van der Waals surface area contributed by atoms with Crippen LogP contribution in [0.4, 0.5) is 11.5 Å². The van der Waals surface area contributed by atoms with Crippen molar-refractivity contribution >= 4 is 23.3 Å². The van der Waals surface area contributed by atoms with E-state index in [1.54, 1.807) is 48.3 Å². The molecule has 1 heterocycles. The molecule has 0 saturated heterocycles. The van der Waals surface area contributed by atoms with E-state index in [0.29, 0.717) is 30.2 Å². The maximum Gasteiger partial charge on any atom is 0.259 e. The largest absolute Gasteiger partial charge is 0.492 e. The van der Waals surface area contributed by atoms with Gasteiger partial charge in [0, 0.05) is 25.9 Å². The minimum atomic E-state index is -0.322. The molecule has 0 saturated carbocycles. The molecule has 0 unspecified atom stereocenters. The second-order valence-corrected chi connectivity index (χ2v) is 5.20. The molecule has 0 fully saturated rings. The lowest BCUT2D eigenvalue weighted by Crippen LogP contribution is -2.28. The third-order valence-corrected chi connectivity index (χ3v) is 3.43. The summed E-state index contributed by atoms with van der Waals surface area (Å²) < 4.78 is 5.55. The van der Waals surface area contributed by atoms with Crippen LogP contribution < -0.4 is 15.8 Å². The van der Waals surface area contributed by atoms with E-state index in [2.05, 4.69) is 10.3 Å². The van der Waals surface area contributed by atoms with Crippen LogP contribution in [-0.2, 0) is 4.79 Å². The molecule has 3 N–H and O–H groups in total. The lowest BCUT2D eigenvalue weighted by atomic mass is 10.2. The van der Waals surface area contributed by atoms with E-state index < -0.39 is 0 Å². The number of hydrogen-bond donors (Lipinski definition) is 2. The molecule has 24 heavy (non-hydrogen) atoms. The van der Waals surface area contributed by atoms with E-state index in [4.69, 9.17) is 10.5 Å². The number of ether oxygens (including phenoxy) is 1. The summed E-state index contributed by atoms with van der Waals surface area (Å²) in [7, 11) is 1.72. The number of rotatable bonds is 6. The summed E-state index contributed by atoms with van der Waals surface area (Å²) in [6, 6.07) is 10.2. The number of nitrogens with zero attached hydrogens (tertiary/aromatic N) is 2. The van der Waals surface area contributed by atoms with Gasteiger partial charge in [-0.3, -0.25) is 9.59 Å². The van der Waals surface area contributed by atoms with Gasteiger partial charge in [0.25, 0.3) is 5.91 Å². The first kappa shape index (κ1) is 17.3. The van der Waals surface area contributed by atoms with Gasteiger partial charge in [-0.25, -0.2) is 4.98 Å². The Morgan fingerprint density at radius 2 is 1.96 bits per heavy atom. The Morgan fingerprint density at radius 1 is 1.25 bits per heavy atom. The van der Waals surface area contributed by atoms with Gasteiger partial charge in [0.05, 0.1) is 12.1 Å². The molecule has 0 aliphatic heterocycles. The van der Waals surface area contributed by atoms with Crippen molar-refractivity contribution in [3.05, 3.63) is 48.2 Å². The van der Waals surface area contributed by atoms with Crippen LogP contribution in [-0.4, -0.2) is 41.9 Å². The summed E-state index contributed by atoms with van der Waals surface area (Å²) in [5.74, 6) is 0.513. The van der Waals surface area contributed by atoms with Gasteiger partial charge in [-0.05, 0) is 36.4 Å². The van der Waals surface area contributed by atoms with Crippen LogP contribution in [0.1, 0.15) is 17.3 Å². The summed E-state index contributed by atoms with van der Waals surface area (Å²) in [5, 5.41) is 2.75. The van der Waals surface area contributed by atoms with Crippen molar-refractivity contribution in [1.29, 1.82) is 0 Å². The molecule has 0 bridgehead atoms. The van der Waals surface area contributed by atoms with Gasteiger partial charge in [0.15, 0.2) is 0 Å². The van der Waals surface area contributed by atoms with Crippen LogP contribution in [0.15, 0.2) is 42.6 Å². The van der Waals surface area contributed by atoms with Crippen molar-refractivity contribution in [2.24, 2.45) is 0 Å². The Labute approximate surface area is 140 Å². The smallest absolute Gasteiger partial charge is 0.259 e. The predicted octanol–water partition coefficient (Wildman–Crippen LogP) is 1.77. The lowest BCUT2D eigenvalue weighted by Gasteiger charge is -2.15. The first-order valence-electron chi connectivity index (χ1n) is 7.44. The van der Waals surface area contributed by atoms with Gasteiger partial charge in [-0.1, -0.05) is 0 Å². The maximum absolute atomic E-state index is 12.1. The monoisotopic (exact) mass is 328 g/mol. The average Bonchev–Trinajstić information content (AvgIpc) is 2.56. The zero-order valence-electron chi connectivity index (χ0n) is 13.7. The third kappa shape index (κ3) is 4.70. The molecule has 7 nitrogen and oxygen atoms in total. The van der Waals surface area contributed by atoms with Gasteiger partial charge < -0.3 is 20.7 Å². The zero-order valence-corrected chi connectivity index (χ0v) is 13.7. The summed E-state index contributed by atoms with van der Waals surface area (Å²) in [6.45, 7) is 2.41. The highest BCUT2D eigenvalue weighted by Crippen LogP contribution is 2.17.